The van der Waals surface area contributed by atoms with E-state index in [0.717, 1.165) is 17.1 Å². The smallest absolute Gasteiger partial charge is 0.170 e. The molecule has 0 aliphatic heterocycles. The quantitative estimate of drug-likeness (QED) is 0.866. The molecule has 4 nitrogen and oxygen atoms in total. The summed E-state index contributed by atoms with van der Waals surface area (Å²) in [6.07, 6.45) is 0. The van der Waals surface area contributed by atoms with Crippen molar-refractivity contribution in [3.8, 4) is 22.8 Å². The Bertz CT molecular complexity index is 702. The van der Waals surface area contributed by atoms with Crippen LogP contribution in [-0.2, 0) is 5.41 Å². The van der Waals surface area contributed by atoms with Gasteiger partial charge in [0, 0.05) is 11.0 Å². The van der Waals surface area contributed by atoms with E-state index in [1.165, 1.54) is 0 Å². The van der Waals surface area contributed by atoms with Crippen LogP contribution in [0, 0.1) is 4.64 Å². The van der Waals surface area contributed by atoms with Gasteiger partial charge in [0.25, 0.3) is 0 Å². The predicted octanol–water partition coefficient (Wildman–Crippen LogP) is 4.12. The molecular formula is C16H20N2O2S. The molecule has 0 fully saturated rings. The van der Waals surface area contributed by atoms with E-state index >= 15 is 0 Å². The minimum absolute atomic E-state index is 0.115. The molecule has 1 N–H and O–H groups in total. The summed E-state index contributed by atoms with van der Waals surface area (Å²) >= 11 is 5.29. The van der Waals surface area contributed by atoms with Crippen LogP contribution in [0.2, 0.25) is 0 Å². The van der Waals surface area contributed by atoms with Gasteiger partial charge in [-0.05, 0) is 18.2 Å². The normalized spacial score (nSPS) is 11.3. The summed E-state index contributed by atoms with van der Waals surface area (Å²) in [7, 11) is 3.25. The molecule has 1 aromatic heterocycles. The Balaban J connectivity index is 2.68. The monoisotopic (exact) mass is 304 g/mol. The molecule has 0 aliphatic carbocycles. The highest BCUT2D eigenvalue weighted by atomic mass is 32.1. The summed E-state index contributed by atoms with van der Waals surface area (Å²) in [6.45, 7) is 6.27. The zero-order chi connectivity index (χ0) is 15.6. The fourth-order valence-electron chi connectivity index (χ4n) is 2.06. The lowest BCUT2D eigenvalue weighted by Gasteiger charge is -2.19. The van der Waals surface area contributed by atoms with E-state index in [2.05, 4.69) is 30.7 Å². The first kappa shape index (κ1) is 15.5. The summed E-state index contributed by atoms with van der Waals surface area (Å²) < 4.78 is 11.4. The van der Waals surface area contributed by atoms with Crippen LogP contribution in [0.4, 0.5) is 0 Å². The zero-order valence-electron chi connectivity index (χ0n) is 13.0. The number of hydrogen-bond donors (Lipinski definition) is 1. The lowest BCUT2D eigenvalue weighted by molar-refractivity contribution is 0.356. The fraction of sp³-hybridized carbons (Fsp3) is 0.375. The molecule has 112 valence electrons. The maximum Gasteiger partial charge on any atom is 0.170 e. The van der Waals surface area contributed by atoms with Crippen molar-refractivity contribution in [1.82, 2.24) is 9.97 Å². The number of H-pyrrole nitrogens is 1. The number of aromatic amines is 1. The number of methoxy groups -OCH3 is 2. The topological polar surface area (TPSA) is 47.1 Å². The van der Waals surface area contributed by atoms with E-state index < -0.39 is 0 Å². The van der Waals surface area contributed by atoms with Crippen molar-refractivity contribution >= 4 is 12.2 Å². The van der Waals surface area contributed by atoms with Gasteiger partial charge in [-0.2, -0.15) is 0 Å². The summed E-state index contributed by atoms with van der Waals surface area (Å²) in [6, 6.07) is 7.59. The van der Waals surface area contributed by atoms with Crippen LogP contribution >= 0.6 is 12.2 Å². The molecule has 21 heavy (non-hydrogen) atoms. The largest absolute Gasteiger partial charge is 0.493 e. The van der Waals surface area contributed by atoms with Gasteiger partial charge in [-0.15, -0.1) is 0 Å². The third-order valence-electron chi connectivity index (χ3n) is 3.15. The fourth-order valence-corrected chi connectivity index (χ4v) is 2.27. The van der Waals surface area contributed by atoms with Gasteiger partial charge < -0.3 is 14.5 Å². The zero-order valence-corrected chi connectivity index (χ0v) is 13.8. The third kappa shape index (κ3) is 3.24. The van der Waals surface area contributed by atoms with Gasteiger partial charge in [-0.3, -0.25) is 0 Å². The first-order valence-corrected chi connectivity index (χ1v) is 7.11. The van der Waals surface area contributed by atoms with Gasteiger partial charge in [-0.25, -0.2) is 4.98 Å². The average Bonchev–Trinajstić information content (AvgIpc) is 2.44. The number of rotatable bonds is 3. The van der Waals surface area contributed by atoms with Crippen LogP contribution < -0.4 is 9.47 Å². The van der Waals surface area contributed by atoms with E-state index in [1.54, 1.807) is 14.2 Å². The molecule has 2 rings (SSSR count). The van der Waals surface area contributed by atoms with Crippen molar-refractivity contribution in [1.29, 1.82) is 0 Å². The molecule has 0 saturated heterocycles. The molecule has 0 saturated carbocycles. The molecule has 0 bridgehead atoms. The molecule has 0 aliphatic rings. The maximum absolute atomic E-state index is 5.49. The Morgan fingerprint density at radius 3 is 2.43 bits per heavy atom. The van der Waals surface area contributed by atoms with Crippen LogP contribution in [0.3, 0.4) is 0 Å². The number of para-hydroxylation sites is 1. The van der Waals surface area contributed by atoms with Crippen LogP contribution in [0.1, 0.15) is 26.6 Å². The molecule has 0 radical (unpaired) electrons. The van der Waals surface area contributed by atoms with Gasteiger partial charge in [0.1, 0.15) is 10.5 Å². The number of benzene rings is 1. The standard InChI is InChI=1S/C16H20N2O2S/c1-16(2,3)15-17-11(9-13(21)18-15)10-7-6-8-12(19-4)14(10)20-5/h6-9H,1-5H3,(H,17,18,21). The van der Waals surface area contributed by atoms with Gasteiger partial charge in [0.2, 0.25) is 0 Å². The number of nitrogens with one attached hydrogen (secondary N) is 1. The molecular weight excluding hydrogens is 284 g/mol. The van der Waals surface area contributed by atoms with E-state index in [-0.39, 0.29) is 5.41 Å². The summed E-state index contributed by atoms with van der Waals surface area (Å²) in [5.41, 5.74) is 1.65. The minimum Gasteiger partial charge on any atom is -0.493 e. The van der Waals surface area contributed by atoms with E-state index in [0.29, 0.717) is 16.1 Å². The first-order chi connectivity index (χ1) is 9.86. The van der Waals surface area contributed by atoms with E-state index in [4.69, 9.17) is 21.7 Å². The average molecular weight is 304 g/mol. The molecule has 0 unspecified atom stereocenters. The first-order valence-electron chi connectivity index (χ1n) is 6.70. The lowest BCUT2D eigenvalue weighted by Crippen LogP contribution is -2.16. The molecule has 0 atom stereocenters. The van der Waals surface area contributed by atoms with Crippen molar-refractivity contribution < 1.29 is 9.47 Å². The number of ether oxygens (including phenoxy) is 2. The van der Waals surface area contributed by atoms with E-state index in [1.807, 2.05) is 24.3 Å². The molecule has 0 spiro atoms. The van der Waals surface area contributed by atoms with E-state index in [9.17, 15) is 0 Å². The summed E-state index contributed by atoms with van der Waals surface area (Å²) in [4.78, 5) is 7.77. The number of aromatic nitrogens is 2. The Hall–Kier alpha value is -1.88. The maximum atomic E-state index is 5.49. The van der Waals surface area contributed by atoms with Gasteiger partial charge in [-0.1, -0.05) is 39.1 Å². The Morgan fingerprint density at radius 2 is 1.86 bits per heavy atom. The van der Waals surface area contributed by atoms with Crippen molar-refractivity contribution in [2.24, 2.45) is 0 Å². The second-order valence-corrected chi connectivity index (χ2v) is 6.19. The summed E-state index contributed by atoms with van der Waals surface area (Å²) in [5.74, 6) is 2.20. The van der Waals surface area contributed by atoms with Crippen molar-refractivity contribution in [3.05, 3.63) is 34.7 Å². The van der Waals surface area contributed by atoms with Crippen LogP contribution in [0.25, 0.3) is 11.3 Å². The van der Waals surface area contributed by atoms with Crippen molar-refractivity contribution in [3.63, 3.8) is 0 Å². The van der Waals surface area contributed by atoms with Crippen LogP contribution in [0.5, 0.6) is 11.5 Å². The number of hydrogen-bond acceptors (Lipinski definition) is 4. The van der Waals surface area contributed by atoms with Crippen molar-refractivity contribution in [2.45, 2.75) is 26.2 Å². The number of nitrogens with zero attached hydrogens (tertiary/aromatic N) is 1. The van der Waals surface area contributed by atoms with Gasteiger partial charge in [0.15, 0.2) is 11.5 Å². The predicted molar refractivity (Wildman–Crippen MR) is 86.7 cm³/mol. The SMILES string of the molecule is COc1cccc(-c2cc(=S)nc(C(C)(C)C)[nH]2)c1OC. The summed E-state index contributed by atoms with van der Waals surface area (Å²) in [5, 5.41) is 0. The van der Waals surface area contributed by atoms with Crippen LogP contribution in [-0.4, -0.2) is 24.2 Å². The second kappa shape index (κ2) is 5.85. The Kier molecular flexibility index (Phi) is 4.32. The Labute approximate surface area is 130 Å². The molecule has 1 aromatic carbocycles. The Morgan fingerprint density at radius 1 is 1.14 bits per heavy atom. The van der Waals surface area contributed by atoms with Gasteiger partial charge in [0.05, 0.1) is 19.9 Å². The highest BCUT2D eigenvalue weighted by Gasteiger charge is 2.19. The second-order valence-electron chi connectivity index (χ2n) is 5.77. The van der Waals surface area contributed by atoms with Crippen molar-refractivity contribution in [2.75, 3.05) is 14.2 Å². The molecule has 5 heteroatoms. The van der Waals surface area contributed by atoms with Crippen LogP contribution in [0.15, 0.2) is 24.3 Å². The highest BCUT2D eigenvalue weighted by Crippen LogP contribution is 2.37. The molecule has 1 heterocycles. The third-order valence-corrected chi connectivity index (χ3v) is 3.36. The molecule has 0 amide bonds. The lowest BCUT2D eigenvalue weighted by atomic mass is 9.95. The molecule has 2 aromatic rings. The highest BCUT2D eigenvalue weighted by molar-refractivity contribution is 7.71. The minimum atomic E-state index is -0.115. The van der Waals surface area contributed by atoms with Gasteiger partial charge >= 0.3 is 0 Å².